The number of allylic oxidation sites excluding steroid dienone is 6. The average molecular weight is 777 g/mol. The lowest BCUT2D eigenvalue weighted by Gasteiger charge is -2.31. The summed E-state index contributed by atoms with van der Waals surface area (Å²) in [5, 5.41) is 9.61. The minimum Gasteiger partial charge on any atom is -0.477 e. The largest absolute Gasteiger partial charge is 0.477 e. The van der Waals surface area contributed by atoms with Crippen LogP contribution in [0.4, 0.5) is 0 Å². The molecule has 2 unspecified atom stereocenters. The van der Waals surface area contributed by atoms with Crippen LogP contribution in [0.15, 0.2) is 36.5 Å². The highest BCUT2D eigenvalue weighted by Gasteiger charge is 2.31. The molecule has 0 rings (SSSR count). The van der Waals surface area contributed by atoms with Crippen molar-refractivity contribution >= 4 is 17.9 Å². The Hall–Kier alpha value is -2.45. The van der Waals surface area contributed by atoms with Crippen molar-refractivity contribution in [2.24, 2.45) is 0 Å². The molecule has 0 amide bonds. The van der Waals surface area contributed by atoms with E-state index in [0.29, 0.717) is 19.3 Å². The fraction of sp³-hybridized carbons (Fsp3) is 0.809. The highest BCUT2D eigenvalue weighted by molar-refractivity contribution is 5.72. The number of carbonyl (C=O) groups excluding carboxylic acids is 2. The smallest absolute Gasteiger partial charge is 0.362 e. The Morgan fingerprint density at radius 3 is 1.42 bits per heavy atom. The first-order valence-corrected chi connectivity index (χ1v) is 22.5. The highest BCUT2D eigenvalue weighted by atomic mass is 16.6. The van der Waals surface area contributed by atoms with Crippen LogP contribution in [-0.4, -0.2) is 80.6 Å². The van der Waals surface area contributed by atoms with Crippen LogP contribution in [-0.2, 0) is 28.6 Å². The first-order chi connectivity index (χ1) is 26.6. The van der Waals surface area contributed by atoms with Gasteiger partial charge in [-0.3, -0.25) is 9.59 Å². The summed E-state index contributed by atoms with van der Waals surface area (Å²) in [7, 11) is 5.52. The third-order valence-corrected chi connectivity index (χ3v) is 10.0. The monoisotopic (exact) mass is 777 g/mol. The van der Waals surface area contributed by atoms with E-state index < -0.39 is 18.1 Å². The molecule has 0 aromatic rings. The van der Waals surface area contributed by atoms with Gasteiger partial charge in [-0.05, 0) is 64.2 Å². The molecule has 0 aliphatic carbocycles. The lowest BCUT2D eigenvalue weighted by atomic mass is 10.1. The number of aliphatic carboxylic acids is 1. The Morgan fingerprint density at radius 2 is 0.964 bits per heavy atom. The second kappa shape index (κ2) is 38.4. The van der Waals surface area contributed by atoms with Crippen molar-refractivity contribution in [1.29, 1.82) is 0 Å². The van der Waals surface area contributed by atoms with Gasteiger partial charge in [0.15, 0.2) is 12.1 Å². The number of hydrogen-bond acceptors (Lipinski definition) is 6. The Balaban J connectivity index is 4.29. The first kappa shape index (κ1) is 52.6. The number of esters is 2. The van der Waals surface area contributed by atoms with Crippen LogP contribution in [0.25, 0.3) is 0 Å². The van der Waals surface area contributed by atoms with E-state index in [9.17, 15) is 19.5 Å². The van der Waals surface area contributed by atoms with E-state index in [1.54, 1.807) is 0 Å². The Labute approximate surface area is 338 Å². The van der Waals surface area contributed by atoms with Crippen LogP contribution in [0.2, 0.25) is 0 Å². The highest BCUT2D eigenvalue weighted by Crippen LogP contribution is 2.14. The van der Waals surface area contributed by atoms with Gasteiger partial charge in [-0.2, -0.15) is 0 Å². The molecule has 320 valence electrons. The van der Waals surface area contributed by atoms with Gasteiger partial charge in [0.2, 0.25) is 0 Å². The maximum atomic E-state index is 12.7. The van der Waals surface area contributed by atoms with Gasteiger partial charge in [-0.25, -0.2) is 4.79 Å². The lowest BCUT2D eigenvalue weighted by molar-refractivity contribution is -0.887. The zero-order chi connectivity index (χ0) is 40.7. The third kappa shape index (κ3) is 36.9. The Kier molecular flexibility index (Phi) is 36.7. The Bertz CT molecular complexity index is 1000. The molecule has 0 radical (unpaired) electrons. The van der Waals surface area contributed by atoms with Gasteiger partial charge in [0, 0.05) is 19.3 Å². The summed E-state index contributed by atoms with van der Waals surface area (Å²) in [6.07, 6.45) is 43.2. The fourth-order valence-electron chi connectivity index (χ4n) is 6.49. The van der Waals surface area contributed by atoms with Gasteiger partial charge in [0.1, 0.15) is 6.61 Å². The van der Waals surface area contributed by atoms with E-state index in [1.165, 1.54) is 109 Å². The Morgan fingerprint density at radius 1 is 0.545 bits per heavy atom. The molecule has 0 spiro atoms. The summed E-state index contributed by atoms with van der Waals surface area (Å²) < 4.78 is 17.3. The molecule has 8 nitrogen and oxygen atoms in total. The maximum absolute atomic E-state index is 12.7. The number of unbranched alkanes of at least 4 members (excludes halogenated alkanes) is 21. The van der Waals surface area contributed by atoms with E-state index in [0.717, 1.165) is 51.4 Å². The molecular weight excluding hydrogens is 691 g/mol. The summed E-state index contributed by atoms with van der Waals surface area (Å²) in [6, 6.07) is -0.615. The van der Waals surface area contributed by atoms with E-state index in [-0.39, 0.29) is 36.2 Å². The van der Waals surface area contributed by atoms with Crippen molar-refractivity contribution in [2.45, 2.75) is 206 Å². The van der Waals surface area contributed by atoms with Gasteiger partial charge in [0.05, 0.1) is 34.4 Å². The summed E-state index contributed by atoms with van der Waals surface area (Å²) in [5.74, 6) is -1.48. The average Bonchev–Trinajstić information content (AvgIpc) is 3.14. The van der Waals surface area contributed by atoms with Crippen molar-refractivity contribution < 1.29 is 38.2 Å². The van der Waals surface area contributed by atoms with Crippen LogP contribution in [0, 0.1) is 0 Å². The molecule has 2 atom stereocenters. The molecule has 0 heterocycles. The first-order valence-electron chi connectivity index (χ1n) is 22.5. The SMILES string of the molecule is CCCCC/C=C/C=C/CCCCCCCCCCCCC(=O)OCC(COCCC(C(=O)O)[N+](C)(C)C)OC(=O)CCCCCCC/C=C/CCCCC. The van der Waals surface area contributed by atoms with Crippen molar-refractivity contribution in [3.8, 4) is 0 Å². The normalized spacial score (nSPS) is 13.3. The van der Waals surface area contributed by atoms with Crippen molar-refractivity contribution in [2.75, 3.05) is 41.0 Å². The van der Waals surface area contributed by atoms with Crippen LogP contribution in [0.5, 0.6) is 0 Å². The van der Waals surface area contributed by atoms with Crippen molar-refractivity contribution in [3.05, 3.63) is 36.5 Å². The summed E-state index contributed by atoms with van der Waals surface area (Å²) in [5.41, 5.74) is 0. The van der Waals surface area contributed by atoms with Crippen LogP contribution >= 0.6 is 0 Å². The fourth-order valence-corrected chi connectivity index (χ4v) is 6.49. The number of likely N-dealkylation sites (N-methyl/N-ethyl adjacent to an activating group) is 1. The van der Waals surface area contributed by atoms with Gasteiger partial charge in [-0.15, -0.1) is 0 Å². The molecule has 0 fully saturated rings. The standard InChI is InChI=1S/C47H85NO7/c1-6-8-10-12-14-16-18-20-21-22-23-24-25-26-28-29-31-33-35-37-45(49)54-42-43(41-53-40-39-44(47(51)52)48(3,4)5)55-46(50)38-36-34-32-30-27-19-17-15-13-11-9-7-2/h14-18,20,43-44H,6-13,19,21-42H2,1-5H3/p+1/b16-14+,17-15+,20-18+. The van der Waals surface area contributed by atoms with Gasteiger partial charge in [-0.1, -0.05) is 147 Å². The number of carboxylic acid groups (broad SMARTS) is 1. The number of hydrogen-bond donors (Lipinski definition) is 1. The van der Waals surface area contributed by atoms with E-state index in [4.69, 9.17) is 14.2 Å². The van der Waals surface area contributed by atoms with E-state index in [2.05, 4.69) is 50.3 Å². The van der Waals surface area contributed by atoms with Crippen LogP contribution < -0.4 is 0 Å². The molecule has 0 aliphatic rings. The van der Waals surface area contributed by atoms with Gasteiger partial charge in [0.25, 0.3) is 0 Å². The molecular formula is C47H86NO7+. The molecule has 0 saturated carbocycles. The number of ether oxygens (including phenoxy) is 3. The molecule has 0 aromatic heterocycles. The minimum atomic E-state index is -0.877. The topological polar surface area (TPSA) is 99.1 Å². The number of carbonyl (C=O) groups is 3. The molecule has 55 heavy (non-hydrogen) atoms. The molecule has 1 N–H and O–H groups in total. The predicted molar refractivity (Wildman–Crippen MR) is 229 cm³/mol. The number of quaternary nitrogens is 1. The van der Waals surface area contributed by atoms with Crippen molar-refractivity contribution in [1.82, 2.24) is 0 Å². The number of carboxylic acids is 1. The predicted octanol–water partition coefficient (Wildman–Crippen LogP) is 12.2. The second-order valence-electron chi connectivity index (χ2n) is 16.3. The molecule has 0 bridgehead atoms. The molecule has 0 saturated heterocycles. The number of rotatable bonds is 40. The third-order valence-electron chi connectivity index (χ3n) is 10.0. The summed E-state index contributed by atoms with van der Waals surface area (Å²) in [6.45, 7) is 4.68. The zero-order valence-corrected chi connectivity index (χ0v) is 36.4. The van der Waals surface area contributed by atoms with Crippen LogP contribution in [0.3, 0.4) is 0 Å². The molecule has 8 heteroatoms. The van der Waals surface area contributed by atoms with Gasteiger partial charge < -0.3 is 23.8 Å². The van der Waals surface area contributed by atoms with Crippen LogP contribution in [0.1, 0.15) is 194 Å². The quantitative estimate of drug-likeness (QED) is 0.0217. The minimum absolute atomic E-state index is 0.0549. The summed E-state index contributed by atoms with van der Waals surface area (Å²) in [4.78, 5) is 36.9. The second-order valence-corrected chi connectivity index (χ2v) is 16.3. The molecule has 0 aromatic carbocycles. The zero-order valence-electron chi connectivity index (χ0n) is 36.4. The lowest BCUT2D eigenvalue weighted by Crippen LogP contribution is -2.50. The van der Waals surface area contributed by atoms with E-state index in [1.807, 2.05) is 21.1 Å². The van der Waals surface area contributed by atoms with Crippen molar-refractivity contribution in [3.63, 3.8) is 0 Å². The molecule has 0 aliphatic heterocycles. The number of nitrogens with zero attached hydrogens (tertiary/aromatic N) is 1. The van der Waals surface area contributed by atoms with Gasteiger partial charge >= 0.3 is 17.9 Å². The maximum Gasteiger partial charge on any atom is 0.362 e. The summed E-state index contributed by atoms with van der Waals surface area (Å²) >= 11 is 0. The van der Waals surface area contributed by atoms with E-state index >= 15 is 0 Å².